The summed E-state index contributed by atoms with van der Waals surface area (Å²) < 4.78 is 152. The van der Waals surface area contributed by atoms with Crippen molar-refractivity contribution in [2.45, 2.75) is 199 Å². The number of ether oxygens (including phenoxy) is 20. The number of esters is 12. The summed E-state index contributed by atoms with van der Waals surface area (Å²) in [5.41, 5.74) is 0.295. The van der Waals surface area contributed by atoms with E-state index in [1.165, 1.54) is 7.11 Å². The predicted octanol–water partition coefficient (Wildman–Crippen LogP) is -2.85. The molecule has 0 aromatic carbocycles. The van der Waals surface area contributed by atoms with Crippen molar-refractivity contribution in [2.24, 2.45) is 0 Å². The number of nitrogens with zero attached hydrogens (tertiary/aromatic N) is 4. The molecule has 0 aliphatic carbocycles. The second-order valence-electron chi connectivity index (χ2n) is 29.8. The van der Waals surface area contributed by atoms with Gasteiger partial charge in [0.15, 0.2) is 67.2 Å². The molecule has 0 aromatic rings. The molecule has 4 aliphatic heterocycles. The van der Waals surface area contributed by atoms with Crippen molar-refractivity contribution < 1.29 is 204 Å². The summed E-state index contributed by atoms with van der Waals surface area (Å²) in [6.07, 6.45) is -6.67. The van der Waals surface area contributed by atoms with Gasteiger partial charge < -0.3 is 133 Å². The normalized spacial score (nSPS) is 27.2. The summed E-state index contributed by atoms with van der Waals surface area (Å²) in [4.78, 5) is 155. The second-order valence-corrected chi connectivity index (χ2v) is 29.8. The number of hydrogen-bond acceptors (Lipinski definition) is 37. The van der Waals surface area contributed by atoms with Crippen LogP contribution in [-0.4, -0.2) is 394 Å². The molecule has 4 heterocycles. The van der Waals surface area contributed by atoms with Crippen LogP contribution in [0.4, 0.5) is 0 Å². The first-order valence-corrected chi connectivity index (χ1v) is 36.7. The summed E-state index contributed by atoms with van der Waals surface area (Å²) in [5, 5.41) is 38.1. The van der Waals surface area contributed by atoms with Crippen molar-refractivity contribution in [3.63, 3.8) is 0 Å². The van der Waals surface area contributed by atoms with Crippen molar-refractivity contribution in [3.8, 4) is 49.4 Å². The zero-order valence-corrected chi connectivity index (χ0v) is 70.7. The number of rotatable bonds is 37. The van der Waals surface area contributed by atoms with E-state index in [2.05, 4.69) is 36.8 Å². The molecular weight excluding hydrogens is 1600 g/mol. The lowest BCUT2D eigenvalue weighted by molar-refractivity contribution is -0.883. The number of aliphatic hydroxyl groups excluding tert-OH is 4. The largest absolute Gasteiger partial charge is 0.459 e. The number of ketones is 1. The fourth-order valence-corrected chi connectivity index (χ4v) is 11.5. The van der Waals surface area contributed by atoms with Gasteiger partial charge in [-0.1, -0.05) is 13.2 Å². The average molecular weight is 1720 g/mol. The van der Waals surface area contributed by atoms with Crippen LogP contribution in [0.15, 0.2) is 24.3 Å². The number of quaternary nitrogens is 4. The lowest BCUT2D eigenvalue weighted by Crippen LogP contribution is -2.63. The van der Waals surface area contributed by atoms with Crippen molar-refractivity contribution in [2.75, 3.05) is 155 Å². The molecule has 4 aliphatic rings. The number of aliphatic hydroxyl groups is 4. The molecule has 0 bridgehead atoms. The maximum Gasteiger partial charge on any atom is 0.339 e. The molecule has 0 radical (unpaired) electrons. The first-order chi connectivity index (χ1) is 58.1. The van der Waals surface area contributed by atoms with E-state index in [0.717, 1.165) is 62.3 Å². The summed E-state index contributed by atoms with van der Waals surface area (Å²) in [6, 6.07) is 0. The van der Waals surface area contributed by atoms with E-state index < -0.39 is 234 Å². The van der Waals surface area contributed by atoms with Crippen molar-refractivity contribution >= 4 is 77.4 Å². The Morgan fingerprint density at radius 3 is 1.03 bits per heavy atom. The third kappa shape index (κ3) is 39.7. The number of likely N-dealkylation sites (N-methyl/N-ethyl adjacent to an activating group) is 4. The van der Waals surface area contributed by atoms with Crippen LogP contribution in [0.25, 0.3) is 0 Å². The van der Waals surface area contributed by atoms with E-state index in [9.17, 15) is 77.6 Å². The standard InChI is InChI=1S/C23H32NO11.C22H32NO10.C21H32NO10.C13H24NO6/c1-9-10-24(7,8)11-13(2)22(29)30-12-18-19(31-14(3)25)20(32-15(4)26)21(33-16(5)27)23(35-18)34-17(6)28;1-9-10-23(6,7)11-13(2)21(27)29-12-17-18(30-14(3)24)19(31-15(4)25)20(32-16(5)26)22(28-8)33-17;1-8-9-22(6,7)10-11-27-20-18(30-15(4)25)17(29-14(3)24)19(31-16(5)26)21(32-20)28-12-13(2)23;1-4-5-14(2,3)6-7-19-13-12(18)11(17)10(16)9(8-15)20-13/h1,18-21,23H,2,10-12H2,3-8H3;1,17-20,22H,2,10-12H2,3-8H3;1,17-21H,9-12H2,2-7H3;1,9-13,15-18H,5-8H2,2-3H3/q4*+1/t18-,19-,20+,21-,23-;17-,18-,19+,20-,22+;17-,18-,19+,20-,21+;9-,10-,11+,12-,13-/m1111/s1/i;;2D3,4D3;. The Morgan fingerprint density at radius 2 is 0.683 bits per heavy atom. The zero-order valence-electron chi connectivity index (χ0n) is 76.7. The number of hydrogen-bond donors (Lipinski definition) is 4. The highest BCUT2D eigenvalue weighted by molar-refractivity contribution is 5.88. The molecule has 0 amide bonds. The Morgan fingerprint density at radius 1 is 0.375 bits per heavy atom. The number of terminal acetylenes is 4. The van der Waals surface area contributed by atoms with E-state index in [4.69, 9.17) is 134 Å². The van der Waals surface area contributed by atoms with E-state index in [1.807, 2.05) is 42.3 Å². The molecule has 0 saturated carbocycles. The fourth-order valence-electron chi connectivity index (χ4n) is 11.5. The third-order valence-corrected chi connectivity index (χ3v) is 16.6. The minimum Gasteiger partial charge on any atom is -0.459 e. The van der Waals surface area contributed by atoms with Crippen molar-refractivity contribution in [1.29, 1.82) is 0 Å². The van der Waals surface area contributed by atoms with Gasteiger partial charge >= 0.3 is 71.6 Å². The molecule has 41 nitrogen and oxygen atoms in total. The molecule has 4 N–H and O–H groups in total. The van der Waals surface area contributed by atoms with Crippen LogP contribution < -0.4 is 0 Å². The molecule has 674 valence electrons. The van der Waals surface area contributed by atoms with Crippen LogP contribution in [0.3, 0.4) is 0 Å². The van der Waals surface area contributed by atoms with Gasteiger partial charge in [-0.25, -0.2) is 9.59 Å². The number of carbonyl (C=O) groups excluding carboxylic acids is 13. The van der Waals surface area contributed by atoms with Crippen molar-refractivity contribution in [1.82, 2.24) is 0 Å². The second kappa shape index (κ2) is 51.9. The summed E-state index contributed by atoms with van der Waals surface area (Å²) >= 11 is 0. The van der Waals surface area contributed by atoms with Gasteiger partial charge in [-0.05, 0) is 30.5 Å². The summed E-state index contributed by atoms with van der Waals surface area (Å²) in [7, 11) is 16.0. The molecule has 41 heteroatoms. The molecule has 4 saturated heterocycles. The van der Waals surface area contributed by atoms with Gasteiger partial charge in [0.1, 0.15) is 109 Å². The Labute approximate surface area is 707 Å². The van der Waals surface area contributed by atoms with Crippen molar-refractivity contribution in [3.05, 3.63) is 24.3 Å². The molecule has 20 atom stereocenters. The van der Waals surface area contributed by atoms with E-state index in [-0.39, 0.29) is 48.5 Å². The van der Waals surface area contributed by atoms with Gasteiger partial charge in [0, 0.05) is 84.5 Å². The van der Waals surface area contributed by atoms with Gasteiger partial charge in [0.2, 0.25) is 25.0 Å². The van der Waals surface area contributed by atoms with Crippen LogP contribution in [-0.2, 0) is 157 Å². The monoisotopic (exact) mass is 1720 g/mol. The highest BCUT2D eigenvalue weighted by Crippen LogP contribution is 2.34. The van der Waals surface area contributed by atoms with Crippen LogP contribution in [0.1, 0.15) is 84.2 Å². The Bertz CT molecular complexity index is 3900. The van der Waals surface area contributed by atoms with Gasteiger partial charge in [-0.2, -0.15) is 0 Å². The van der Waals surface area contributed by atoms with E-state index in [1.54, 1.807) is 14.1 Å². The molecule has 0 unspecified atom stereocenters. The summed E-state index contributed by atoms with van der Waals surface area (Å²) in [5.74, 6) is -1.59. The fraction of sp³-hybridized carbons (Fsp3) is 0.684. The van der Waals surface area contributed by atoms with E-state index in [0.29, 0.717) is 52.7 Å². The Balaban J connectivity index is 0.000000857. The first kappa shape index (κ1) is 97.5. The average Bonchev–Trinajstić information content (AvgIpc) is 0.788. The minimum absolute atomic E-state index is 0.104. The highest BCUT2D eigenvalue weighted by atomic mass is 16.8. The molecule has 120 heavy (non-hydrogen) atoms. The van der Waals surface area contributed by atoms with Gasteiger partial charge in [-0.3, -0.25) is 52.7 Å². The first-order valence-electron chi connectivity index (χ1n) is 39.7. The highest BCUT2D eigenvalue weighted by Gasteiger charge is 2.57. The molecule has 4 fully saturated rings. The maximum absolute atomic E-state index is 12.5. The number of Topliss-reactive ketones (excluding diaryl/α,β-unsaturated/α-hetero) is 1. The molecule has 0 spiro atoms. The maximum atomic E-state index is 12.5. The smallest absolute Gasteiger partial charge is 0.339 e. The quantitative estimate of drug-likeness (QED) is 0.0160. The van der Waals surface area contributed by atoms with Crippen LogP contribution in [0.5, 0.6) is 0 Å². The number of methoxy groups -OCH3 is 1. The minimum atomic E-state index is -3.23. The molecular formula is C79H120N4O37+4. The van der Waals surface area contributed by atoms with E-state index >= 15 is 0 Å². The van der Waals surface area contributed by atoms with Gasteiger partial charge in [0.05, 0.1) is 87.3 Å². The Kier molecular flexibility index (Phi) is 42.2. The predicted molar refractivity (Wildman–Crippen MR) is 410 cm³/mol. The van der Waals surface area contributed by atoms with Gasteiger partial charge in [-0.15, -0.1) is 25.7 Å². The lowest BCUT2D eigenvalue weighted by atomic mass is 9.98. The topological polar surface area (TPSA) is 487 Å². The Hall–Kier alpha value is -9.61. The van der Waals surface area contributed by atoms with Crippen LogP contribution in [0.2, 0.25) is 0 Å². The molecule has 4 rings (SSSR count). The summed E-state index contributed by atoms with van der Waals surface area (Å²) in [6.45, 7) is 11.7. The zero-order chi connectivity index (χ0) is 97.1. The lowest BCUT2D eigenvalue weighted by Gasteiger charge is -2.43. The van der Waals surface area contributed by atoms with Gasteiger partial charge in [0.25, 0.3) is 0 Å². The van der Waals surface area contributed by atoms with Crippen LogP contribution >= 0.6 is 0 Å². The van der Waals surface area contributed by atoms with Crippen LogP contribution in [0, 0.1) is 49.4 Å². The SMILES string of the molecule is C#CC[N+](C)(C)CC(=C)C(=O)OC[C@H]1O[C@@H](OC(C)=O)[C@H](OC(C)=O)[C@@H](OC(C)=O)[C@@H]1OC(C)=O.C#CC[N+](C)(C)CC(=C)C(=O)OC[C@H]1O[C@H](OC)[C@H](OC(C)=O)[C@@H](OC(C)=O)[C@@H]1OC(C)=O.C#CC[N+](C)(C)CCO[C@@H]1O[C@H](CO)[C@@H](O)[C@H](O)[C@H]1O.[2H]C([2H])([2H])C(=O)CO[C@H]1O[C@@H](OCC[N+](C)(C)CC#C)[C@H](OC(=O)C([2H])([2H])[2H])[C@@H](OC(C)=O)[C@@H]1OC(C)=O. The number of carbonyl (C=O) groups is 13. The molecule has 0 aromatic heterocycles. The third-order valence-electron chi connectivity index (χ3n) is 16.6.